The van der Waals surface area contributed by atoms with Crippen LogP contribution in [0.15, 0.2) is 30.9 Å². The van der Waals surface area contributed by atoms with E-state index in [2.05, 4.69) is 25.7 Å². The molecule has 1 saturated carbocycles. The number of hydrogen-bond donors (Lipinski definition) is 3. The summed E-state index contributed by atoms with van der Waals surface area (Å²) in [5.41, 5.74) is 6.91. The molecule has 190 valence electrons. The Morgan fingerprint density at radius 2 is 1.86 bits per heavy atom. The fourth-order valence-corrected chi connectivity index (χ4v) is 5.51. The van der Waals surface area contributed by atoms with E-state index in [1.165, 1.54) is 57.8 Å². The monoisotopic (exact) mass is 485 g/mol. The molecular weight excluding hydrogens is 449 g/mol. The third kappa shape index (κ3) is 5.56. The molecule has 0 spiro atoms. The van der Waals surface area contributed by atoms with E-state index in [4.69, 9.17) is 4.74 Å². The molecule has 1 aliphatic carbocycles. The second-order valence-electron chi connectivity index (χ2n) is 9.78. The second kappa shape index (κ2) is 11.3. The van der Waals surface area contributed by atoms with Crippen LogP contribution in [0.5, 0.6) is 0 Å². The first-order valence-electron chi connectivity index (χ1n) is 12.6. The number of hydrogen-bond acceptors (Lipinski definition) is 6. The molecule has 0 bridgehead atoms. The molecule has 1 saturated heterocycles. The van der Waals surface area contributed by atoms with Gasteiger partial charge in [0, 0.05) is 12.4 Å². The van der Waals surface area contributed by atoms with Crippen LogP contribution in [0.4, 0.5) is 10.1 Å². The number of benzene rings is 1. The van der Waals surface area contributed by atoms with Crippen molar-refractivity contribution >= 4 is 17.6 Å². The molecule has 2 aromatic rings. The maximum atomic E-state index is 14.2. The highest BCUT2D eigenvalue weighted by atomic mass is 19.1. The molecule has 0 radical (unpaired) electrons. The molecule has 9 heteroatoms. The zero-order valence-corrected chi connectivity index (χ0v) is 20.6. The van der Waals surface area contributed by atoms with Gasteiger partial charge in [-0.25, -0.2) is 25.0 Å². The number of carbonyl (C=O) groups is 2. The molecule has 4 rings (SSSR count). The topological polar surface area (TPSA) is 97.3 Å². The standard InChI is InChI=1S/C26H36FN5O3/c1-18-15-20(25(34)35-2)23(16-21(18)27)29-24(33)22-11-12-26(31-30-22,32-14-13-28-17-32)19-9-7-5-3-4-6-8-10-19/h13-17,19,22,30-31H,3-12H2,1-2H3,(H,29,33). The highest BCUT2D eigenvalue weighted by Gasteiger charge is 2.44. The number of amides is 1. The van der Waals surface area contributed by atoms with Gasteiger partial charge in [-0.1, -0.05) is 38.5 Å². The number of aryl methyl sites for hydroxylation is 1. The van der Waals surface area contributed by atoms with Crippen LogP contribution >= 0.6 is 0 Å². The number of methoxy groups -OCH3 is 1. The van der Waals surface area contributed by atoms with E-state index in [1.54, 1.807) is 13.1 Å². The number of nitrogens with zero attached hydrogens (tertiary/aromatic N) is 2. The summed E-state index contributed by atoms with van der Waals surface area (Å²) in [4.78, 5) is 29.6. The molecule has 1 aliphatic heterocycles. The molecule has 2 heterocycles. The van der Waals surface area contributed by atoms with E-state index < -0.39 is 17.8 Å². The molecule has 2 unspecified atom stereocenters. The van der Waals surface area contributed by atoms with Crippen LogP contribution in [-0.2, 0) is 15.2 Å². The SMILES string of the molecule is COC(=O)c1cc(C)c(F)cc1NC(=O)C1CCC(C2CCCCCCCC2)(n2ccnc2)NN1. The van der Waals surface area contributed by atoms with Gasteiger partial charge in [0.1, 0.15) is 17.5 Å². The number of anilines is 1. The van der Waals surface area contributed by atoms with Crippen molar-refractivity contribution in [3.8, 4) is 0 Å². The molecular formula is C26H36FN5O3. The van der Waals surface area contributed by atoms with Crippen molar-refractivity contribution in [3.63, 3.8) is 0 Å². The fourth-order valence-electron chi connectivity index (χ4n) is 5.51. The Labute approximate surface area is 206 Å². The lowest BCUT2D eigenvalue weighted by molar-refractivity contribution is -0.120. The van der Waals surface area contributed by atoms with Gasteiger partial charge >= 0.3 is 5.97 Å². The lowest BCUT2D eigenvalue weighted by Gasteiger charge is -2.47. The van der Waals surface area contributed by atoms with Crippen molar-refractivity contribution in [1.29, 1.82) is 0 Å². The van der Waals surface area contributed by atoms with E-state index in [-0.39, 0.29) is 22.8 Å². The Morgan fingerprint density at radius 3 is 2.46 bits per heavy atom. The molecule has 2 fully saturated rings. The number of rotatable bonds is 5. The quantitative estimate of drug-likeness (QED) is 0.543. The molecule has 2 atom stereocenters. The van der Waals surface area contributed by atoms with Gasteiger partial charge in [0.05, 0.1) is 24.7 Å². The highest BCUT2D eigenvalue weighted by molar-refractivity contribution is 6.03. The number of halogens is 1. The van der Waals surface area contributed by atoms with Gasteiger partial charge in [0.2, 0.25) is 5.91 Å². The van der Waals surface area contributed by atoms with Crippen molar-refractivity contribution < 1.29 is 18.7 Å². The van der Waals surface area contributed by atoms with Gasteiger partial charge in [-0.15, -0.1) is 0 Å². The van der Waals surface area contributed by atoms with Crippen LogP contribution in [0.1, 0.15) is 80.1 Å². The summed E-state index contributed by atoms with van der Waals surface area (Å²) >= 11 is 0. The van der Waals surface area contributed by atoms with Crippen LogP contribution in [0, 0.1) is 18.7 Å². The van der Waals surface area contributed by atoms with Gasteiger partial charge in [-0.3, -0.25) is 4.79 Å². The summed E-state index contributed by atoms with van der Waals surface area (Å²) in [6, 6.07) is 2.02. The molecule has 35 heavy (non-hydrogen) atoms. The average molecular weight is 486 g/mol. The van der Waals surface area contributed by atoms with E-state index in [1.807, 2.05) is 12.5 Å². The van der Waals surface area contributed by atoms with Crippen molar-refractivity contribution in [2.75, 3.05) is 12.4 Å². The third-order valence-corrected chi connectivity index (χ3v) is 7.55. The number of nitrogens with one attached hydrogen (secondary N) is 3. The maximum absolute atomic E-state index is 14.2. The second-order valence-corrected chi connectivity index (χ2v) is 9.78. The van der Waals surface area contributed by atoms with Crippen LogP contribution in [0.2, 0.25) is 0 Å². The predicted octanol–water partition coefficient (Wildman–Crippen LogP) is 4.42. The first kappa shape index (κ1) is 25.3. The minimum atomic E-state index is -0.627. The Bertz CT molecular complexity index is 1010. The van der Waals surface area contributed by atoms with E-state index in [9.17, 15) is 14.0 Å². The molecule has 3 N–H and O–H groups in total. The van der Waals surface area contributed by atoms with E-state index >= 15 is 0 Å². The molecule has 1 amide bonds. The van der Waals surface area contributed by atoms with Crippen molar-refractivity contribution in [2.24, 2.45) is 5.92 Å². The summed E-state index contributed by atoms with van der Waals surface area (Å²) < 4.78 is 21.2. The van der Waals surface area contributed by atoms with Crippen LogP contribution in [-0.4, -0.2) is 34.6 Å². The number of aromatic nitrogens is 2. The molecule has 2 aliphatic rings. The number of imidazole rings is 1. The number of esters is 1. The number of carbonyl (C=O) groups excluding carboxylic acids is 2. The Morgan fingerprint density at radius 1 is 1.14 bits per heavy atom. The third-order valence-electron chi connectivity index (χ3n) is 7.55. The normalized spacial score (nSPS) is 24.1. The number of ether oxygens (including phenoxy) is 1. The van der Waals surface area contributed by atoms with E-state index in [0.717, 1.165) is 19.3 Å². The summed E-state index contributed by atoms with van der Waals surface area (Å²) in [5.74, 6) is -1.05. The molecule has 1 aromatic carbocycles. The van der Waals surface area contributed by atoms with E-state index in [0.29, 0.717) is 17.9 Å². The maximum Gasteiger partial charge on any atom is 0.339 e. The zero-order chi connectivity index (χ0) is 24.8. The Balaban J connectivity index is 1.50. The summed E-state index contributed by atoms with van der Waals surface area (Å²) in [7, 11) is 1.26. The Hall–Kier alpha value is -2.78. The van der Waals surface area contributed by atoms with Gasteiger partial charge < -0.3 is 14.6 Å². The largest absolute Gasteiger partial charge is 0.465 e. The lowest BCUT2D eigenvalue weighted by Crippen LogP contribution is -2.65. The smallest absolute Gasteiger partial charge is 0.339 e. The minimum Gasteiger partial charge on any atom is -0.465 e. The van der Waals surface area contributed by atoms with Crippen LogP contribution < -0.4 is 16.2 Å². The van der Waals surface area contributed by atoms with Gasteiger partial charge in [-0.05, 0) is 56.2 Å². The fraction of sp³-hybridized carbons (Fsp3) is 0.577. The van der Waals surface area contributed by atoms with Crippen molar-refractivity contribution in [3.05, 3.63) is 47.8 Å². The summed E-state index contributed by atoms with van der Waals surface area (Å²) in [6.07, 6.45) is 16.7. The predicted molar refractivity (Wildman–Crippen MR) is 131 cm³/mol. The summed E-state index contributed by atoms with van der Waals surface area (Å²) in [6.45, 7) is 1.56. The highest BCUT2D eigenvalue weighted by Crippen LogP contribution is 2.39. The van der Waals surface area contributed by atoms with Crippen molar-refractivity contribution in [1.82, 2.24) is 20.4 Å². The van der Waals surface area contributed by atoms with Crippen LogP contribution in [0.25, 0.3) is 0 Å². The number of hydrazine groups is 1. The first-order chi connectivity index (χ1) is 16.9. The zero-order valence-electron chi connectivity index (χ0n) is 20.6. The minimum absolute atomic E-state index is 0.106. The lowest BCUT2D eigenvalue weighted by atomic mass is 9.79. The van der Waals surface area contributed by atoms with Crippen LogP contribution in [0.3, 0.4) is 0 Å². The van der Waals surface area contributed by atoms with Gasteiger partial charge in [0.15, 0.2) is 0 Å². The summed E-state index contributed by atoms with van der Waals surface area (Å²) in [5, 5.41) is 2.73. The Kier molecular flexibility index (Phi) is 8.18. The van der Waals surface area contributed by atoms with Gasteiger partial charge in [0.25, 0.3) is 0 Å². The molecule has 1 aromatic heterocycles. The molecule has 8 nitrogen and oxygen atoms in total. The van der Waals surface area contributed by atoms with Gasteiger partial charge in [-0.2, -0.15) is 0 Å². The average Bonchev–Trinajstić information content (AvgIpc) is 3.44. The first-order valence-corrected chi connectivity index (χ1v) is 12.6. The van der Waals surface area contributed by atoms with Crippen molar-refractivity contribution in [2.45, 2.75) is 82.8 Å².